The predicted molar refractivity (Wildman–Crippen MR) is 74.3 cm³/mol. The molecule has 0 aliphatic heterocycles. The summed E-state index contributed by atoms with van der Waals surface area (Å²) < 4.78 is 0. The van der Waals surface area contributed by atoms with Crippen molar-refractivity contribution in [2.75, 3.05) is 6.54 Å². The van der Waals surface area contributed by atoms with Crippen LogP contribution in [0.15, 0.2) is 54.6 Å². The van der Waals surface area contributed by atoms with Crippen LogP contribution in [0.25, 0.3) is 0 Å². The van der Waals surface area contributed by atoms with Crippen molar-refractivity contribution in [3.63, 3.8) is 0 Å². The number of aliphatic hydroxyl groups excluding tert-OH is 1. The summed E-state index contributed by atoms with van der Waals surface area (Å²) in [6.07, 6.45) is -0.448. The first-order chi connectivity index (χ1) is 8.75. The summed E-state index contributed by atoms with van der Waals surface area (Å²) >= 11 is 0. The molecule has 0 aliphatic carbocycles. The quantitative estimate of drug-likeness (QED) is 0.843. The SMILES string of the molecule is Cc1cccc(CNC[C@@H](O)c2ccccc2)c1. The molecule has 0 saturated heterocycles. The number of hydrogen-bond acceptors (Lipinski definition) is 2. The molecule has 0 spiro atoms. The second-order valence-electron chi connectivity index (χ2n) is 4.55. The summed E-state index contributed by atoms with van der Waals surface area (Å²) in [5.41, 5.74) is 3.46. The van der Waals surface area contributed by atoms with Gasteiger partial charge in [0.25, 0.3) is 0 Å². The van der Waals surface area contributed by atoms with Crippen LogP contribution in [-0.4, -0.2) is 11.7 Å². The zero-order valence-corrected chi connectivity index (χ0v) is 10.6. The minimum absolute atomic E-state index is 0.448. The highest BCUT2D eigenvalue weighted by molar-refractivity contribution is 5.22. The topological polar surface area (TPSA) is 32.3 Å². The van der Waals surface area contributed by atoms with Gasteiger partial charge in [-0.05, 0) is 18.1 Å². The molecule has 2 aromatic carbocycles. The van der Waals surface area contributed by atoms with Crippen molar-refractivity contribution in [3.05, 3.63) is 71.3 Å². The van der Waals surface area contributed by atoms with E-state index in [-0.39, 0.29) is 0 Å². The number of benzene rings is 2. The summed E-state index contributed by atoms with van der Waals surface area (Å²) in [6, 6.07) is 18.1. The molecule has 0 aromatic heterocycles. The third-order valence-electron chi connectivity index (χ3n) is 2.93. The van der Waals surface area contributed by atoms with E-state index >= 15 is 0 Å². The lowest BCUT2D eigenvalue weighted by atomic mass is 10.1. The fourth-order valence-corrected chi connectivity index (χ4v) is 1.97. The Labute approximate surface area is 108 Å². The van der Waals surface area contributed by atoms with Crippen LogP contribution in [0.1, 0.15) is 22.8 Å². The fourth-order valence-electron chi connectivity index (χ4n) is 1.97. The summed E-state index contributed by atoms with van der Waals surface area (Å²) in [6.45, 7) is 3.44. The predicted octanol–water partition coefficient (Wildman–Crippen LogP) is 2.82. The van der Waals surface area contributed by atoms with Crippen LogP contribution in [0.4, 0.5) is 0 Å². The molecule has 18 heavy (non-hydrogen) atoms. The Morgan fingerprint density at radius 1 is 1.06 bits per heavy atom. The van der Waals surface area contributed by atoms with E-state index in [2.05, 4.69) is 36.5 Å². The minimum Gasteiger partial charge on any atom is -0.387 e. The van der Waals surface area contributed by atoms with Gasteiger partial charge < -0.3 is 10.4 Å². The van der Waals surface area contributed by atoms with Crippen LogP contribution < -0.4 is 5.32 Å². The Morgan fingerprint density at radius 2 is 1.83 bits per heavy atom. The Hall–Kier alpha value is -1.64. The molecule has 2 nitrogen and oxygen atoms in total. The van der Waals surface area contributed by atoms with E-state index in [4.69, 9.17) is 0 Å². The van der Waals surface area contributed by atoms with Gasteiger partial charge in [-0.2, -0.15) is 0 Å². The van der Waals surface area contributed by atoms with Crippen molar-refractivity contribution in [3.8, 4) is 0 Å². The third kappa shape index (κ3) is 3.69. The second kappa shape index (κ2) is 6.34. The third-order valence-corrected chi connectivity index (χ3v) is 2.93. The average Bonchev–Trinajstić information content (AvgIpc) is 2.40. The largest absolute Gasteiger partial charge is 0.387 e. The zero-order chi connectivity index (χ0) is 12.8. The fraction of sp³-hybridized carbons (Fsp3) is 0.250. The molecule has 2 rings (SSSR count). The van der Waals surface area contributed by atoms with E-state index in [9.17, 15) is 5.11 Å². The molecule has 0 saturated carbocycles. The monoisotopic (exact) mass is 241 g/mol. The number of aryl methyl sites for hydroxylation is 1. The van der Waals surface area contributed by atoms with Crippen molar-refractivity contribution < 1.29 is 5.11 Å². The molecule has 0 aliphatic rings. The van der Waals surface area contributed by atoms with Crippen LogP contribution in [0.2, 0.25) is 0 Å². The molecule has 0 fully saturated rings. The Kier molecular flexibility index (Phi) is 4.51. The van der Waals surface area contributed by atoms with E-state index in [0.717, 1.165) is 12.1 Å². The van der Waals surface area contributed by atoms with Crippen LogP contribution in [-0.2, 0) is 6.54 Å². The molecule has 0 bridgehead atoms. The van der Waals surface area contributed by atoms with Crippen molar-refractivity contribution in [1.29, 1.82) is 0 Å². The van der Waals surface area contributed by atoms with Crippen molar-refractivity contribution in [1.82, 2.24) is 5.32 Å². The molecule has 1 atom stereocenters. The van der Waals surface area contributed by atoms with Gasteiger partial charge in [0.15, 0.2) is 0 Å². The number of rotatable bonds is 5. The molecule has 94 valence electrons. The van der Waals surface area contributed by atoms with Crippen molar-refractivity contribution in [2.45, 2.75) is 19.6 Å². The number of hydrogen-bond donors (Lipinski definition) is 2. The highest BCUT2D eigenvalue weighted by Crippen LogP contribution is 2.11. The van der Waals surface area contributed by atoms with Gasteiger partial charge >= 0.3 is 0 Å². The number of aliphatic hydroxyl groups is 1. The second-order valence-corrected chi connectivity index (χ2v) is 4.55. The van der Waals surface area contributed by atoms with Gasteiger partial charge in [0, 0.05) is 13.1 Å². The van der Waals surface area contributed by atoms with Crippen molar-refractivity contribution in [2.24, 2.45) is 0 Å². The van der Waals surface area contributed by atoms with Crippen LogP contribution in [0.3, 0.4) is 0 Å². The van der Waals surface area contributed by atoms with Gasteiger partial charge in [0.1, 0.15) is 0 Å². The lowest BCUT2D eigenvalue weighted by molar-refractivity contribution is 0.174. The molecule has 0 unspecified atom stereocenters. The average molecular weight is 241 g/mol. The molecule has 0 radical (unpaired) electrons. The van der Waals surface area contributed by atoms with Gasteiger partial charge in [0.05, 0.1) is 6.10 Å². The van der Waals surface area contributed by atoms with E-state index in [1.54, 1.807) is 0 Å². The van der Waals surface area contributed by atoms with E-state index in [1.165, 1.54) is 11.1 Å². The summed E-state index contributed by atoms with van der Waals surface area (Å²) in [7, 11) is 0. The van der Waals surface area contributed by atoms with Crippen LogP contribution in [0.5, 0.6) is 0 Å². The highest BCUT2D eigenvalue weighted by Gasteiger charge is 2.05. The maximum absolute atomic E-state index is 9.99. The summed E-state index contributed by atoms with van der Waals surface area (Å²) in [5, 5.41) is 13.3. The lowest BCUT2D eigenvalue weighted by Crippen LogP contribution is -2.21. The zero-order valence-electron chi connectivity index (χ0n) is 10.6. The van der Waals surface area contributed by atoms with Gasteiger partial charge in [-0.1, -0.05) is 60.2 Å². The van der Waals surface area contributed by atoms with E-state index in [1.807, 2.05) is 30.3 Å². The van der Waals surface area contributed by atoms with Gasteiger partial charge in [-0.15, -0.1) is 0 Å². The first kappa shape index (κ1) is 12.8. The summed E-state index contributed by atoms with van der Waals surface area (Å²) in [5.74, 6) is 0. The summed E-state index contributed by atoms with van der Waals surface area (Å²) in [4.78, 5) is 0. The minimum atomic E-state index is -0.448. The molecule has 2 aromatic rings. The standard InChI is InChI=1S/C16H19NO/c1-13-6-5-7-14(10-13)11-17-12-16(18)15-8-3-2-4-9-15/h2-10,16-18H,11-12H2,1H3/t16-/m1/s1. The van der Waals surface area contributed by atoms with Crippen LogP contribution >= 0.6 is 0 Å². The van der Waals surface area contributed by atoms with E-state index < -0.39 is 6.10 Å². The molecular formula is C16H19NO. The Morgan fingerprint density at radius 3 is 2.56 bits per heavy atom. The molecule has 0 amide bonds. The van der Waals surface area contributed by atoms with Crippen molar-refractivity contribution >= 4 is 0 Å². The van der Waals surface area contributed by atoms with Gasteiger partial charge in [-0.25, -0.2) is 0 Å². The lowest BCUT2D eigenvalue weighted by Gasteiger charge is -2.12. The first-order valence-electron chi connectivity index (χ1n) is 6.25. The number of nitrogens with one attached hydrogen (secondary N) is 1. The van der Waals surface area contributed by atoms with Gasteiger partial charge in [0.2, 0.25) is 0 Å². The Balaban J connectivity index is 1.82. The highest BCUT2D eigenvalue weighted by atomic mass is 16.3. The van der Waals surface area contributed by atoms with E-state index in [0.29, 0.717) is 6.54 Å². The van der Waals surface area contributed by atoms with Gasteiger partial charge in [-0.3, -0.25) is 0 Å². The molecule has 2 N–H and O–H groups in total. The van der Waals surface area contributed by atoms with Crippen LogP contribution in [0, 0.1) is 6.92 Å². The first-order valence-corrected chi connectivity index (χ1v) is 6.25. The molecular weight excluding hydrogens is 222 g/mol. The smallest absolute Gasteiger partial charge is 0.0914 e. The maximum atomic E-state index is 9.99. The Bertz CT molecular complexity index is 481. The normalized spacial score (nSPS) is 12.3. The maximum Gasteiger partial charge on any atom is 0.0914 e. The molecule has 2 heteroatoms. The molecule has 0 heterocycles.